The normalized spacial score (nSPS) is 14.5. The van der Waals surface area contributed by atoms with E-state index in [0.29, 0.717) is 24.1 Å². The van der Waals surface area contributed by atoms with Crippen LogP contribution in [0.15, 0.2) is 85.1 Å². The molecule has 0 spiro atoms. The zero-order chi connectivity index (χ0) is 43.4. The Morgan fingerprint density at radius 2 is 0.983 bits per heavy atom. The second-order valence-electron chi connectivity index (χ2n) is 16.4. The Bertz CT molecular complexity index is 1210. The average Bonchev–Trinajstić information content (AvgIpc) is 3.19. The molecule has 0 aliphatic heterocycles. The first kappa shape index (κ1) is 56.7. The third kappa shape index (κ3) is 46.6. The molecule has 0 fully saturated rings. The molecule has 59 heavy (non-hydrogen) atoms. The standard InChI is InChI=1S/C50H88NO7P/c1-6-8-10-12-14-16-18-20-22-24-25-26-28-30-32-34-36-38-40-42-45-55-47-49(48-57-59(53,54)56-46-44-51(3,4)5)58-50(52)43-41-39-37-35-33-31-29-27-23-21-19-17-15-13-11-9-7-2/h9,11,14-17,20-23,25-26,29,31,49H,6-8,10,12-13,18-19,24,27-28,30,32-48H2,1-5H3/p+1/b11-9-,16-14-,17-15-,22-20-,23-21-,26-25-,31-29-. The number of rotatable bonds is 42. The quantitative estimate of drug-likeness (QED) is 0.0215. The monoisotopic (exact) mass is 847 g/mol. The van der Waals surface area contributed by atoms with Crippen molar-refractivity contribution in [2.24, 2.45) is 0 Å². The molecule has 0 rings (SSSR count). The Hall–Kier alpha value is -2.32. The number of unbranched alkanes of at least 4 members (excludes halogenated alkanes) is 14. The number of phosphoric acid groups is 1. The van der Waals surface area contributed by atoms with Gasteiger partial charge in [0.25, 0.3) is 0 Å². The van der Waals surface area contributed by atoms with Crippen molar-refractivity contribution in [3.05, 3.63) is 85.1 Å². The lowest BCUT2D eigenvalue weighted by atomic mass is 10.1. The fourth-order valence-corrected chi connectivity index (χ4v) is 6.58. The van der Waals surface area contributed by atoms with Crippen LogP contribution in [-0.4, -0.2) is 75.6 Å². The van der Waals surface area contributed by atoms with Crippen LogP contribution in [0.2, 0.25) is 0 Å². The molecule has 0 aromatic heterocycles. The van der Waals surface area contributed by atoms with Gasteiger partial charge in [0.2, 0.25) is 0 Å². The van der Waals surface area contributed by atoms with Crippen LogP contribution in [0.25, 0.3) is 0 Å². The number of carbonyl (C=O) groups is 1. The van der Waals surface area contributed by atoms with E-state index >= 15 is 0 Å². The maximum atomic E-state index is 12.7. The molecule has 0 aliphatic rings. The van der Waals surface area contributed by atoms with Gasteiger partial charge in [-0.2, -0.15) is 0 Å². The minimum Gasteiger partial charge on any atom is -0.457 e. The zero-order valence-electron chi connectivity index (χ0n) is 38.5. The number of likely N-dealkylation sites (N-methyl/N-ethyl adjacent to an activating group) is 1. The fraction of sp³-hybridized carbons (Fsp3) is 0.700. The van der Waals surface area contributed by atoms with Gasteiger partial charge in [0.1, 0.15) is 19.3 Å². The van der Waals surface area contributed by atoms with E-state index in [-0.39, 0.29) is 25.8 Å². The number of ether oxygens (including phenoxy) is 2. The van der Waals surface area contributed by atoms with Crippen molar-refractivity contribution in [2.75, 3.05) is 54.1 Å². The maximum absolute atomic E-state index is 12.7. The molecule has 9 heteroatoms. The van der Waals surface area contributed by atoms with Crippen molar-refractivity contribution in [1.82, 2.24) is 0 Å². The van der Waals surface area contributed by atoms with Crippen LogP contribution in [-0.2, 0) is 27.9 Å². The van der Waals surface area contributed by atoms with E-state index in [1.165, 1.54) is 57.8 Å². The molecule has 0 saturated carbocycles. The van der Waals surface area contributed by atoms with Gasteiger partial charge >= 0.3 is 13.8 Å². The third-order valence-corrected chi connectivity index (χ3v) is 10.4. The molecule has 0 aromatic rings. The highest BCUT2D eigenvalue weighted by Crippen LogP contribution is 2.43. The Kier molecular flexibility index (Phi) is 40.7. The van der Waals surface area contributed by atoms with E-state index in [9.17, 15) is 14.3 Å². The third-order valence-electron chi connectivity index (χ3n) is 9.44. The number of esters is 1. The summed E-state index contributed by atoms with van der Waals surface area (Å²) in [4.78, 5) is 22.9. The second-order valence-corrected chi connectivity index (χ2v) is 17.9. The van der Waals surface area contributed by atoms with Crippen molar-refractivity contribution >= 4 is 13.8 Å². The Morgan fingerprint density at radius 3 is 1.47 bits per heavy atom. The number of hydrogen-bond donors (Lipinski definition) is 1. The molecule has 2 atom stereocenters. The van der Waals surface area contributed by atoms with Crippen LogP contribution in [0.4, 0.5) is 0 Å². The SMILES string of the molecule is CC/C=C\C/C=C\C/C=C\C/C=C\CCCCCCC(=O)OC(COCCCCCCCCC/C=C\C/C=C\C/C=C\CCCCC)COP(=O)(O)OCC[N+](C)(C)C. The predicted molar refractivity (Wildman–Crippen MR) is 251 cm³/mol. The van der Waals surface area contributed by atoms with E-state index in [1.807, 2.05) is 21.1 Å². The van der Waals surface area contributed by atoms with Gasteiger partial charge in [-0.1, -0.05) is 157 Å². The Balaban J connectivity index is 4.29. The molecule has 340 valence electrons. The number of hydrogen-bond acceptors (Lipinski definition) is 6. The summed E-state index contributed by atoms with van der Waals surface area (Å²) in [7, 11) is 1.63. The molecule has 8 nitrogen and oxygen atoms in total. The topological polar surface area (TPSA) is 91.3 Å². The molecular formula is C50H89NO7P+. The van der Waals surface area contributed by atoms with Crippen molar-refractivity contribution in [1.29, 1.82) is 0 Å². The van der Waals surface area contributed by atoms with Gasteiger partial charge in [0.15, 0.2) is 0 Å². The molecule has 0 aromatic carbocycles. The van der Waals surface area contributed by atoms with Crippen LogP contribution < -0.4 is 0 Å². The Morgan fingerprint density at radius 1 is 0.542 bits per heavy atom. The smallest absolute Gasteiger partial charge is 0.457 e. The zero-order valence-corrected chi connectivity index (χ0v) is 39.4. The highest BCUT2D eigenvalue weighted by molar-refractivity contribution is 7.47. The lowest BCUT2D eigenvalue weighted by Gasteiger charge is -2.24. The van der Waals surface area contributed by atoms with Crippen molar-refractivity contribution in [3.8, 4) is 0 Å². The minimum atomic E-state index is -4.29. The highest BCUT2D eigenvalue weighted by atomic mass is 31.2. The summed E-state index contributed by atoms with van der Waals surface area (Å²) in [5, 5.41) is 0. The number of phosphoric ester groups is 1. The van der Waals surface area contributed by atoms with Crippen molar-refractivity contribution in [2.45, 2.75) is 174 Å². The van der Waals surface area contributed by atoms with Crippen LogP contribution in [0.3, 0.4) is 0 Å². The number of allylic oxidation sites excluding steroid dienone is 14. The summed E-state index contributed by atoms with van der Waals surface area (Å²) < 4.78 is 35.0. The summed E-state index contributed by atoms with van der Waals surface area (Å²) >= 11 is 0. The van der Waals surface area contributed by atoms with E-state index < -0.39 is 13.9 Å². The molecular weight excluding hydrogens is 758 g/mol. The van der Waals surface area contributed by atoms with Gasteiger partial charge in [-0.25, -0.2) is 4.57 Å². The summed E-state index contributed by atoms with van der Waals surface area (Å²) in [6.07, 6.45) is 56.2. The van der Waals surface area contributed by atoms with Crippen molar-refractivity contribution < 1.29 is 37.3 Å². The largest absolute Gasteiger partial charge is 0.472 e. The summed E-state index contributed by atoms with van der Waals surface area (Å²) in [5.41, 5.74) is 0. The molecule has 1 N–H and O–H groups in total. The molecule has 0 heterocycles. The van der Waals surface area contributed by atoms with Crippen LogP contribution in [0.1, 0.15) is 168 Å². The van der Waals surface area contributed by atoms with Crippen LogP contribution >= 0.6 is 7.82 Å². The van der Waals surface area contributed by atoms with Gasteiger partial charge in [-0.05, 0) is 89.9 Å². The summed E-state index contributed by atoms with van der Waals surface area (Å²) in [6, 6.07) is 0. The van der Waals surface area contributed by atoms with E-state index in [1.54, 1.807) is 0 Å². The average molecular weight is 847 g/mol. The fourth-order valence-electron chi connectivity index (χ4n) is 5.84. The molecule has 2 unspecified atom stereocenters. The minimum absolute atomic E-state index is 0.0765. The van der Waals surface area contributed by atoms with E-state index in [2.05, 4.69) is 98.9 Å². The maximum Gasteiger partial charge on any atom is 0.472 e. The molecule has 0 saturated heterocycles. The van der Waals surface area contributed by atoms with E-state index in [0.717, 1.165) is 89.9 Å². The predicted octanol–water partition coefficient (Wildman–Crippen LogP) is 14.1. The molecule has 0 aliphatic carbocycles. The van der Waals surface area contributed by atoms with Gasteiger partial charge in [-0.15, -0.1) is 0 Å². The lowest BCUT2D eigenvalue weighted by molar-refractivity contribution is -0.870. The number of nitrogens with zero attached hydrogens (tertiary/aromatic N) is 1. The van der Waals surface area contributed by atoms with Gasteiger partial charge < -0.3 is 18.9 Å². The summed E-state index contributed by atoms with van der Waals surface area (Å²) in [6.45, 7) is 5.40. The van der Waals surface area contributed by atoms with Crippen LogP contribution in [0.5, 0.6) is 0 Å². The molecule has 0 radical (unpaired) electrons. The first-order valence-corrected chi connectivity index (χ1v) is 24.8. The van der Waals surface area contributed by atoms with Gasteiger partial charge in [0.05, 0.1) is 34.4 Å². The van der Waals surface area contributed by atoms with Crippen molar-refractivity contribution in [3.63, 3.8) is 0 Å². The lowest BCUT2D eigenvalue weighted by Crippen LogP contribution is -2.37. The highest BCUT2D eigenvalue weighted by Gasteiger charge is 2.26. The first-order chi connectivity index (χ1) is 28.6. The molecule has 0 bridgehead atoms. The number of quaternary nitrogens is 1. The van der Waals surface area contributed by atoms with E-state index in [4.69, 9.17) is 18.5 Å². The summed E-state index contributed by atoms with van der Waals surface area (Å²) in [5.74, 6) is -0.344. The number of carbonyl (C=O) groups excluding carboxylic acids is 1. The van der Waals surface area contributed by atoms with Crippen LogP contribution in [0, 0.1) is 0 Å². The molecule has 0 amide bonds. The van der Waals surface area contributed by atoms with Gasteiger partial charge in [-0.3, -0.25) is 13.8 Å². The second kappa shape index (κ2) is 42.4. The first-order valence-electron chi connectivity index (χ1n) is 23.3. The Labute approximate surface area is 363 Å². The van der Waals surface area contributed by atoms with Gasteiger partial charge in [0, 0.05) is 13.0 Å².